The third-order valence-electron chi connectivity index (χ3n) is 5.06. The van der Waals surface area contributed by atoms with Gasteiger partial charge in [0.2, 0.25) is 0 Å². The fourth-order valence-corrected chi connectivity index (χ4v) is 2.88. The number of hydrogen-bond donors (Lipinski definition) is 0. The van der Waals surface area contributed by atoms with E-state index >= 15 is 0 Å². The van der Waals surface area contributed by atoms with E-state index in [0.29, 0.717) is 23.0 Å². The molecule has 3 unspecified atom stereocenters. The molecule has 0 saturated carbocycles. The number of benzene rings is 1. The molecule has 1 aromatic rings. The van der Waals surface area contributed by atoms with Crippen LogP contribution < -0.4 is 0 Å². The Hall–Kier alpha value is -0.920. The van der Waals surface area contributed by atoms with E-state index in [9.17, 15) is 8.78 Å². The second-order valence-electron chi connectivity index (χ2n) is 7.50. The van der Waals surface area contributed by atoms with E-state index in [2.05, 4.69) is 27.7 Å². The summed E-state index contributed by atoms with van der Waals surface area (Å²) < 4.78 is 27.7. The van der Waals surface area contributed by atoms with Gasteiger partial charge in [-0.05, 0) is 54.6 Å². The minimum Gasteiger partial charge on any atom is -0.203 e. The highest BCUT2D eigenvalue weighted by molar-refractivity contribution is 5.27. The van der Waals surface area contributed by atoms with Gasteiger partial charge in [-0.15, -0.1) is 0 Å². The van der Waals surface area contributed by atoms with E-state index in [4.69, 9.17) is 0 Å². The molecule has 0 amide bonds. The van der Waals surface area contributed by atoms with E-state index in [1.807, 2.05) is 6.92 Å². The highest BCUT2D eigenvalue weighted by Gasteiger charge is 2.19. The van der Waals surface area contributed by atoms with E-state index < -0.39 is 11.6 Å². The van der Waals surface area contributed by atoms with Crippen molar-refractivity contribution in [1.82, 2.24) is 0 Å². The molecule has 22 heavy (non-hydrogen) atoms. The summed E-state index contributed by atoms with van der Waals surface area (Å²) in [6.07, 6.45) is 4.49. The smallest absolute Gasteiger partial charge is 0.162 e. The molecule has 2 heteroatoms. The summed E-state index contributed by atoms with van der Waals surface area (Å²) in [6.45, 7) is 12.7. The molecule has 3 atom stereocenters. The van der Waals surface area contributed by atoms with Crippen LogP contribution in [0.15, 0.2) is 12.1 Å². The third kappa shape index (κ3) is 5.37. The van der Waals surface area contributed by atoms with E-state index in [-0.39, 0.29) is 5.92 Å². The lowest BCUT2D eigenvalue weighted by molar-refractivity contribution is 0.309. The van der Waals surface area contributed by atoms with Crippen LogP contribution in [0.1, 0.15) is 77.3 Å². The summed E-state index contributed by atoms with van der Waals surface area (Å²) in [6, 6.07) is 3.42. The summed E-state index contributed by atoms with van der Waals surface area (Å²) >= 11 is 0. The second-order valence-corrected chi connectivity index (χ2v) is 7.50. The molecule has 0 aliphatic carbocycles. The van der Waals surface area contributed by atoms with Gasteiger partial charge in [0.1, 0.15) is 0 Å². The predicted octanol–water partition coefficient (Wildman–Crippen LogP) is 6.87. The van der Waals surface area contributed by atoms with Gasteiger partial charge < -0.3 is 0 Å². The maximum absolute atomic E-state index is 14.0. The van der Waals surface area contributed by atoms with Crippen molar-refractivity contribution >= 4 is 0 Å². The average molecular weight is 310 g/mol. The minimum atomic E-state index is -0.692. The molecule has 1 aromatic carbocycles. The van der Waals surface area contributed by atoms with Crippen molar-refractivity contribution < 1.29 is 8.78 Å². The van der Waals surface area contributed by atoms with Crippen molar-refractivity contribution in [2.75, 3.05) is 0 Å². The van der Waals surface area contributed by atoms with Gasteiger partial charge in [-0.3, -0.25) is 0 Å². The Kier molecular flexibility index (Phi) is 7.52. The monoisotopic (exact) mass is 310 g/mol. The zero-order valence-electron chi connectivity index (χ0n) is 15.0. The van der Waals surface area contributed by atoms with Gasteiger partial charge in [0.25, 0.3) is 0 Å². The normalized spacial score (nSPS) is 15.9. The maximum atomic E-state index is 14.0. The Morgan fingerprint density at radius 1 is 0.773 bits per heavy atom. The van der Waals surface area contributed by atoms with Crippen molar-refractivity contribution in [3.8, 4) is 0 Å². The molecule has 0 radical (unpaired) electrons. The number of aryl methyl sites for hydroxylation is 1. The zero-order chi connectivity index (χ0) is 16.9. The Labute approximate surface area is 135 Å². The lowest BCUT2D eigenvalue weighted by atomic mass is 9.83. The van der Waals surface area contributed by atoms with Crippen LogP contribution in [0.5, 0.6) is 0 Å². The topological polar surface area (TPSA) is 0 Å². The predicted molar refractivity (Wildman–Crippen MR) is 91.1 cm³/mol. The van der Waals surface area contributed by atoms with Crippen LogP contribution in [0.25, 0.3) is 0 Å². The molecular weight excluding hydrogens is 278 g/mol. The Morgan fingerprint density at radius 2 is 1.32 bits per heavy atom. The SMILES string of the molecule is Cc1ccc(C(C)CCC(C)C(C)CCC(C)C)c(F)c1F. The van der Waals surface area contributed by atoms with Gasteiger partial charge in [0.15, 0.2) is 11.6 Å². The standard InChI is InChI=1S/C20H32F2/c1-13(2)7-8-14(3)15(4)9-10-16(5)18-12-11-17(6)19(21)20(18)22/h11-16H,7-10H2,1-6H3. The molecule has 0 aromatic heterocycles. The molecule has 0 spiro atoms. The molecule has 0 aliphatic heterocycles. The lowest BCUT2D eigenvalue weighted by Crippen LogP contribution is -2.11. The van der Waals surface area contributed by atoms with Crippen molar-refractivity contribution in [2.24, 2.45) is 17.8 Å². The first-order valence-corrected chi connectivity index (χ1v) is 8.68. The second kappa shape index (κ2) is 8.64. The quantitative estimate of drug-likeness (QED) is 0.491. The van der Waals surface area contributed by atoms with Crippen molar-refractivity contribution in [1.29, 1.82) is 0 Å². The fraction of sp³-hybridized carbons (Fsp3) is 0.700. The summed E-state index contributed by atoms with van der Waals surface area (Å²) in [5, 5.41) is 0. The number of halogens is 2. The highest BCUT2D eigenvalue weighted by Crippen LogP contribution is 2.30. The van der Waals surface area contributed by atoms with Crippen LogP contribution in [0.2, 0.25) is 0 Å². The van der Waals surface area contributed by atoms with E-state index in [1.54, 1.807) is 19.1 Å². The van der Waals surface area contributed by atoms with Gasteiger partial charge in [0, 0.05) is 0 Å². The lowest BCUT2D eigenvalue weighted by Gasteiger charge is -2.23. The number of hydrogen-bond acceptors (Lipinski definition) is 0. The molecule has 1 rings (SSSR count). The summed E-state index contributed by atoms with van der Waals surface area (Å²) in [5.74, 6) is 0.775. The van der Waals surface area contributed by atoms with Crippen LogP contribution >= 0.6 is 0 Å². The fourth-order valence-electron chi connectivity index (χ4n) is 2.88. The first-order chi connectivity index (χ1) is 10.2. The minimum absolute atomic E-state index is 0.0647. The molecule has 0 fully saturated rings. The van der Waals surface area contributed by atoms with Gasteiger partial charge in [-0.25, -0.2) is 8.78 Å². The van der Waals surface area contributed by atoms with Gasteiger partial charge in [-0.1, -0.05) is 59.6 Å². The van der Waals surface area contributed by atoms with Crippen LogP contribution in [0.4, 0.5) is 8.78 Å². The molecule has 0 heterocycles. The molecule has 0 bridgehead atoms. The van der Waals surface area contributed by atoms with Crippen LogP contribution in [-0.2, 0) is 0 Å². The summed E-state index contributed by atoms with van der Waals surface area (Å²) in [5.41, 5.74) is 0.897. The molecular formula is C20H32F2. The Bertz CT molecular complexity index is 465. The van der Waals surface area contributed by atoms with Gasteiger partial charge in [-0.2, -0.15) is 0 Å². The van der Waals surface area contributed by atoms with Crippen molar-refractivity contribution in [3.05, 3.63) is 34.9 Å². The largest absolute Gasteiger partial charge is 0.203 e. The van der Waals surface area contributed by atoms with E-state index in [0.717, 1.165) is 18.8 Å². The maximum Gasteiger partial charge on any atom is 0.162 e. The molecule has 0 nitrogen and oxygen atoms in total. The Morgan fingerprint density at radius 3 is 1.86 bits per heavy atom. The first-order valence-electron chi connectivity index (χ1n) is 8.68. The molecule has 126 valence electrons. The van der Waals surface area contributed by atoms with Gasteiger partial charge >= 0.3 is 0 Å². The van der Waals surface area contributed by atoms with E-state index in [1.165, 1.54) is 12.8 Å². The van der Waals surface area contributed by atoms with Crippen LogP contribution in [-0.4, -0.2) is 0 Å². The van der Waals surface area contributed by atoms with Crippen LogP contribution in [0, 0.1) is 36.3 Å². The zero-order valence-corrected chi connectivity index (χ0v) is 15.0. The number of rotatable bonds is 8. The summed E-state index contributed by atoms with van der Waals surface area (Å²) in [4.78, 5) is 0. The summed E-state index contributed by atoms with van der Waals surface area (Å²) in [7, 11) is 0. The average Bonchev–Trinajstić information content (AvgIpc) is 2.47. The molecule has 0 N–H and O–H groups in total. The molecule has 0 saturated heterocycles. The van der Waals surface area contributed by atoms with Crippen LogP contribution in [0.3, 0.4) is 0 Å². The van der Waals surface area contributed by atoms with Crippen molar-refractivity contribution in [3.63, 3.8) is 0 Å². The first kappa shape index (κ1) is 19.1. The highest BCUT2D eigenvalue weighted by atomic mass is 19.2. The Balaban J connectivity index is 2.55. The van der Waals surface area contributed by atoms with Crippen molar-refractivity contribution in [2.45, 2.75) is 73.1 Å². The van der Waals surface area contributed by atoms with Gasteiger partial charge in [0.05, 0.1) is 0 Å². The third-order valence-corrected chi connectivity index (χ3v) is 5.06. The molecule has 0 aliphatic rings.